The Hall–Kier alpha value is -0.930. The maximum absolute atomic E-state index is 13.7. The summed E-state index contributed by atoms with van der Waals surface area (Å²) < 4.78 is 13.7. The van der Waals surface area contributed by atoms with Crippen molar-refractivity contribution in [2.45, 2.75) is 59.7 Å². The maximum atomic E-state index is 13.7. The Labute approximate surface area is 128 Å². The molecule has 0 saturated carbocycles. The van der Waals surface area contributed by atoms with Gasteiger partial charge in [0.2, 0.25) is 0 Å². The molecule has 1 N–H and O–H groups in total. The van der Waals surface area contributed by atoms with Crippen molar-refractivity contribution in [3.63, 3.8) is 0 Å². The minimum Gasteiger partial charge on any atom is -0.314 e. The lowest BCUT2D eigenvalue weighted by molar-refractivity contribution is 0.0790. The van der Waals surface area contributed by atoms with Crippen molar-refractivity contribution in [1.82, 2.24) is 10.2 Å². The molecule has 3 unspecified atom stereocenters. The Morgan fingerprint density at radius 1 is 1.24 bits per heavy atom. The lowest BCUT2D eigenvalue weighted by Gasteiger charge is -2.43. The van der Waals surface area contributed by atoms with E-state index in [0.29, 0.717) is 18.0 Å². The second-order valence-corrected chi connectivity index (χ2v) is 6.57. The summed E-state index contributed by atoms with van der Waals surface area (Å²) in [7, 11) is 0. The van der Waals surface area contributed by atoms with Crippen molar-refractivity contribution < 1.29 is 4.39 Å². The average molecular weight is 292 g/mol. The minimum atomic E-state index is -0.0639. The molecular weight excluding hydrogens is 263 g/mol. The number of hydrogen-bond donors (Lipinski definition) is 1. The van der Waals surface area contributed by atoms with Crippen molar-refractivity contribution >= 4 is 0 Å². The van der Waals surface area contributed by atoms with E-state index < -0.39 is 0 Å². The van der Waals surface area contributed by atoms with Crippen LogP contribution in [-0.4, -0.2) is 30.1 Å². The van der Waals surface area contributed by atoms with Crippen LogP contribution >= 0.6 is 0 Å². The van der Waals surface area contributed by atoms with Crippen molar-refractivity contribution in [3.8, 4) is 0 Å². The van der Waals surface area contributed by atoms with Crippen LogP contribution in [0, 0.1) is 25.6 Å². The number of halogens is 1. The predicted octanol–water partition coefficient (Wildman–Crippen LogP) is 3.65. The van der Waals surface area contributed by atoms with Gasteiger partial charge in [-0.2, -0.15) is 0 Å². The summed E-state index contributed by atoms with van der Waals surface area (Å²) >= 11 is 0. The first-order chi connectivity index (χ1) is 9.93. The zero-order valence-electron chi connectivity index (χ0n) is 14.0. The van der Waals surface area contributed by atoms with Crippen LogP contribution in [0.15, 0.2) is 12.1 Å². The Morgan fingerprint density at radius 3 is 2.43 bits per heavy atom. The quantitative estimate of drug-likeness (QED) is 0.911. The number of nitrogens with zero attached hydrogens (tertiary/aromatic N) is 1. The van der Waals surface area contributed by atoms with E-state index in [9.17, 15) is 4.39 Å². The van der Waals surface area contributed by atoms with Crippen molar-refractivity contribution in [2.24, 2.45) is 5.92 Å². The fourth-order valence-corrected chi connectivity index (χ4v) is 3.57. The molecule has 0 spiro atoms. The molecule has 1 fully saturated rings. The highest BCUT2D eigenvalue weighted by Gasteiger charge is 2.31. The molecule has 1 aliphatic heterocycles. The lowest BCUT2D eigenvalue weighted by Crippen LogP contribution is -2.52. The van der Waals surface area contributed by atoms with E-state index in [1.165, 1.54) is 12.0 Å². The van der Waals surface area contributed by atoms with Crippen LogP contribution in [-0.2, 0) is 6.54 Å². The van der Waals surface area contributed by atoms with Crippen LogP contribution < -0.4 is 5.32 Å². The summed E-state index contributed by atoms with van der Waals surface area (Å²) in [6.07, 6.45) is 1.19. The van der Waals surface area contributed by atoms with Crippen molar-refractivity contribution in [3.05, 3.63) is 34.6 Å². The van der Waals surface area contributed by atoms with Gasteiger partial charge in [0.05, 0.1) is 0 Å². The lowest BCUT2D eigenvalue weighted by atomic mass is 9.86. The van der Waals surface area contributed by atoms with Crippen LogP contribution in [0.4, 0.5) is 4.39 Å². The standard InChI is InChI=1S/C18H29FN2/c1-6-20-17-7-8-21(15(5)14(17)4)11-16-9-12(2)18(19)13(3)10-16/h9-10,14-15,17,20H,6-8,11H2,1-5H3. The molecule has 2 rings (SSSR count). The average Bonchev–Trinajstić information content (AvgIpc) is 2.44. The third kappa shape index (κ3) is 3.64. The molecule has 0 radical (unpaired) electrons. The number of aryl methyl sites for hydroxylation is 2. The minimum absolute atomic E-state index is 0.0639. The van der Waals surface area contributed by atoms with Gasteiger partial charge in [-0.15, -0.1) is 0 Å². The first-order valence-corrected chi connectivity index (χ1v) is 8.17. The van der Waals surface area contributed by atoms with E-state index in [1.807, 2.05) is 26.0 Å². The molecule has 1 aromatic rings. The Bertz CT molecular complexity index is 463. The number of rotatable bonds is 4. The molecule has 1 aromatic carbocycles. The summed E-state index contributed by atoms with van der Waals surface area (Å²) in [6, 6.07) is 5.16. The number of likely N-dealkylation sites (tertiary alicyclic amines) is 1. The first-order valence-electron chi connectivity index (χ1n) is 8.17. The molecule has 2 nitrogen and oxygen atoms in total. The van der Waals surface area contributed by atoms with Gasteiger partial charge in [-0.3, -0.25) is 4.90 Å². The second-order valence-electron chi connectivity index (χ2n) is 6.57. The third-order valence-corrected chi connectivity index (χ3v) is 5.05. The summed E-state index contributed by atoms with van der Waals surface area (Å²) in [6.45, 7) is 13.6. The number of piperidine rings is 1. The zero-order chi connectivity index (χ0) is 15.6. The molecule has 118 valence electrons. The monoisotopic (exact) mass is 292 g/mol. The van der Waals surface area contributed by atoms with Gasteiger partial charge in [-0.05, 0) is 56.3 Å². The van der Waals surface area contributed by atoms with Crippen LogP contribution in [0.1, 0.15) is 43.9 Å². The van der Waals surface area contributed by atoms with Gasteiger partial charge < -0.3 is 5.32 Å². The molecule has 0 aromatic heterocycles. The van der Waals surface area contributed by atoms with Crippen molar-refractivity contribution in [1.29, 1.82) is 0 Å². The van der Waals surface area contributed by atoms with Crippen LogP contribution in [0.3, 0.4) is 0 Å². The Balaban J connectivity index is 2.07. The zero-order valence-corrected chi connectivity index (χ0v) is 14.0. The van der Waals surface area contributed by atoms with E-state index in [4.69, 9.17) is 0 Å². The van der Waals surface area contributed by atoms with E-state index in [1.54, 1.807) is 0 Å². The van der Waals surface area contributed by atoms with Gasteiger partial charge in [0.15, 0.2) is 0 Å². The van der Waals surface area contributed by atoms with Gasteiger partial charge in [0.25, 0.3) is 0 Å². The highest BCUT2D eigenvalue weighted by Crippen LogP contribution is 2.26. The first kappa shape index (κ1) is 16.4. The van der Waals surface area contributed by atoms with Crippen LogP contribution in [0.25, 0.3) is 0 Å². The fraction of sp³-hybridized carbons (Fsp3) is 0.667. The van der Waals surface area contributed by atoms with E-state index >= 15 is 0 Å². The molecule has 0 amide bonds. The maximum Gasteiger partial charge on any atom is 0.129 e. The Kier molecular flexibility index (Phi) is 5.39. The highest BCUT2D eigenvalue weighted by atomic mass is 19.1. The number of benzene rings is 1. The van der Waals surface area contributed by atoms with Gasteiger partial charge in [-0.1, -0.05) is 26.0 Å². The smallest absolute Gasteiger partial charge is 0.129 e. The number of nitrogens with one attached hydrogen (secondary N) is 1. The van der Waals surface area contributed by atoms with E-state index in [0.717, 1.165) is 30.8 Å². The molecule has 21 heavy (non-hydrogen) atoms. The normalized spacial score (nSPS) is 27.0. The summed E-state index contributed by atoms with van der Waals surface area (Å²) in [5.41, 5.74) is 2.74. The summed E-state index contributed by atoms with van der Waals surface area (Å²) in [4.78, 5) is 2.53. The number of hydrogen-bond acceptors (Lipinski definition) is 2. The third-order valence-electron chi connectivity index (χ3n) is 5.05. The second kappa shape index (κ2) is 6.89. The molecule has 0 bridgehead atoms. The Morgan fingerprint density at radius 2 is 1.86 bits per heavy atom. The van der Waals surface area contributed by atoms with Crippen LogP contribution in [0.2, 0.25) is 0 Å². The van der Waals surface area contributed by atoms with Gasteiger partial charge in [0, 0.05) is 25.2 Å². The van der Waals surface area contributed by atoms with Gasteiger partial charge >= 0.3 is 0 Å². The molecule has 1 heterocycles. The summed E-state index contributed by atoms with van der Waals surface area (Å²) in [5, 5.41) is 3.60. The molecular formula is C18H29FN2. The van der Waals surface area contributed by atoms with Crippen molar-refractivity contribution in [2.75, 3.05) is 13.1 Å². The SMILES string of the molecule is CCNC1CCN(Cc2cc(C)c(F)c(C)c2)C(C)C1C. The van der Waals surface area contributed by atoms with E-state index in [2.05, 4.69) is 31.0 Å². The fourth-order valence-electron chi connectivity index (χ4n) is 3.57. The van der Waals surface area contributed by atoms with Crippen LogP contribution in [0.5, 0.6) is 0 Å². The van der Waals surface area contributed by atoms with Gasteiger partial charge in [0.1, 0.15) is 5.82 Å². The molecule has 1 saturated heterocycles. The predicted molar refractivity (Wildman–Crippen MR) is 87.0 cm³/mol. The van der Waals surface area contributed by atoms with E-state index in [-0.39, 0.29) is 5.82 Å². The molecule has 3 heteroatoms. The topological polar surface area (TPSA) is 15.3 Å². The highest BCUT2D eigenvalue weighted by molar-refractivity contribution is 5.30. The molecule has 3 atom stereocenters. The van der Waals surface area contributed by atoms with Gasteiger partial charge in [-0.25, -0.2) is 4.39 Å². The largest absolute Gasteiger partial charge is 0.314 e. The summed E-state index contributed by atoms with van der Waals surface area (Å²) in [5.74, 6) is 0.576. The molecule has 0 aliphatic carbocycles. The molecule has 1 aliphatic rings.